The summed E-state index contributed by atoms with van der Waals surface area (Å²) in [6.45, 7) is 3.03. The SMILES string of the molecule is O=C(NCCO)c1cc(C2CN(Cc3ccc4ncccc4c3)CCO2)nc2ccccc12. The van der Waals surface area contributed by atoms with Crippen LogP contribution in [-0.4, -0.2) is 58.7 Å². The third-order valence-corrected chi connectivity index (χ3v) is 5.93. The maximum atomic E-state index is 12.8. The number of ether oxygens (including phenoxy) is 1. The van der Waals surface area contributed by atoms with Crippen LogP contribution in [0.15, 0.2) is 66.9 Å². The van der Waals surface area contributed by atoms with Crippen LogP contribution in [-0.2, 0) is 11.3 Å². The topological polar surface area (TPSA) is 87.6 Å². The zero-order chi connectivity index (χ0) is 22.6. The molecule has 2 N–H and O–H groups in total. The molecule has 33 heavy (non-hydrogen) atoms. The van der Waals surface area contributed by atoms with E-state index in [1.54, 1.807) is 0 Å². The highest BCUT2D eigenvalue weighted by atomic mass is 16.5. The van der Waals surface area contributed by atoms with E-state index in [0.29, 0.717) is 18.7 Å². The number of nitrogens with zero attached hydrogens (tertiary/aromatic N) is 3. The number of hydrogen-bond acceptors (Lipinski definition) is 6. The number of aromatic nitrogens is 2. The first-order chi connectivity index (χ1) is 16.2. The first-order valence-electron chi connectivity index (χ1n) is 11.2. The van der Waals surface area contributed by atoms with Crippen molar-refractivity contribution in [1.29, 1.82) is 0 Å². The highest BCUT2D eigenvalue weighted by Gasteiger charge is 2.25. The van der Waals surface area contributed by atoms with Crippen LogP contribution in [0.5, 0.6) is 0 Å². The number of morpholine rings is 1. The molecule has 0 saturated carbocycles. The molecule has 1 saturated heterocycles. The van der Waals surface area contributed by atoms with E-state index in [9.17, 15) is 4.79 Å². The lowest BCUT2D eigenvalue weighted by atomic mass is 10.0. The van der Waals surface area contributed by atoms with Crippen LogP contribution in [0.4, 0.5) is 0 Å². The fourth-order valence-corrected chi connectivity index (χ4v) is 4.32. The summed E-state index contributed by atoms with van der Waals surface area (Å²) in [5.74, 6) is -0.221. The second-order valence-corrected chi connectivity index (χ2v) is 8.22. The van der Waals surface area contributed by atoms with Crippen molar-refractivity contribution in [3.8, 4) is 0 Å². The fourth-order valence-electron chi connectivity index (χ4n) is 4.32. The molecule has 5 rings (SSSR count). The molecule has 0 bridgehead atoms. The van der Waals surface area contributed by atoms with Gasteiger partial charge in [0.15, 0.2) is 0 Å². The van der Waals surface area contributed by atoms with E-state index in [-0.39, 0.29) is 25.2 Å². The van der Waals surface area contributed by atoms with Gasteiger partial charge < -0.3 is 15.2 Å². The molecular formula is C26H26N4O3. The number of pyridine rings is 2. The number of aliphatic hydroxyl groups is 1. The molecule has 4 aromatic rings. The molecule has 1 unspecified atom stereocenters. The third-order valence-electron chi connectivity index (χ3n) is 5.93. The van der Waals surface area contributed by atoms with Gasteiger partial charge in [0.05, 0.1) is 35.5 Å². The van der Waals surface area contributed by atoms with Gasteiger partial charge in [-0.1, -0.05) is 30.3 Å². The Morgan fingerprint density at radius 3 is 2.94 bits per heavy atom. The van der Waals surface area contributed by atoms with E-state index in [1.165, 1.54) is 5.56 Å². The summed E-state index contributed by atoms with van der Waals surface area (Å²) in [4.78, 5) is 24.3. The van der Waals surface area contributed by atoms with Crippen molar-refractivity contribution in [2.45, 2.75) is 12.6 Å². The predicted molar refractivity (Wildman–Crippen MR) is 127 cm³/mol. The minimum Gasteiger partial charge on any atom is -0.395 e. The van der Waals surface area contributed by atoms with Crippen LogP contribution in [0, 0.1) is 0 Å². The van der Waals surface area contributed by atoms with E-state index < -0.39 is 0 Å². The zero-order valence-corrected chi connectivity index (χ0v) is 18.3. The second-order valence-electron chi connectivity index (χ2n) is 8.22. The smallest absolute Gasteiger partial charge is 0.252 e. The predicted octanol–water partition coefficient (Wildman–Crippen LogP) is 3.08. The molecular weight excluding hydrogens is 416 g/mol. The maximum Gasteiger partial charge on any atom is 0.252 e. The zero-order valence-electron chi connectivity index (χ0n) is 18.3. The Morgan fingerprint density at radius 1 is 1.12 bits per heavy atom. The van der Waals surface area contributed by atoms with Crippen LogP contribution in [0.2, 0.25) is 0 Å². The number of rotatable bonds is 6. The molecule has 168 valence electrons. The van der Waals surface area contributed by atoms with Crippen molar-refractivity contribution in [2.24, 2.45) is 0 Å². The summed E-state index contributed by atoms with van der Waals surface area (Å²) in [6.07, 6.45) is 1.58. The Kier molecular flexibility index (Phi) is 6.26. The van der Waals surface area contributed by atoms with Gasteiger partial charge in [-0.25, -0.2) is 4.98 Å². The molecule has 3 heterocycles. The van der Waals surface area contributed by atoms with Crippen molar-refractivity contribution in [3.05, 3.63) is 83.7 Å². The molecule has 1 amide bonds. The molecule has 2 aromatic heterocycles. The number of nitrogens with one attached hydrogen (secondary N) is 1. The monoisotopic (exact) mass is 442 g/mol. The van der Waals surface area contributed by atoms with Crippen LogP contribution < -0.4 is 5.32 Å². The molecule has 2 aromatic carbocycles. The number of carbonyl (C=O) groups excluding carboxylic acids is 1. The Bertz CT molecular complexity index is 1290. The number of fused-ring (bicyclic) bond motifs is 2. The van der Waals surface area contributed by atoms with Crippen LogP contribution >= 0.6 is 0 Å². The lowest BCUT2D eigenvalue weighted by Gasteiger charge is -2.33. The van der Waals surface area contributed by atoms with E-state index in [4.69, 9.17) is 14.8 Å². The Hall–Kier alpha value is -3.39. The first kappa shape index (κ1) is 21.5. The van der Waals surface area contributed by atoms with E-state index in [0.717, 1.165) is 40.6 Å². The molecule has 0 radical (unpaired) electrons. The van der Waals surface area contributed by atoms with Crippen molar-refractivity contribution >= 4 is 27.7 Å². The fraction of sp³-hybridized carbons (Fsp3) is 0.269. The first-order valence-corrected chi connectivity index (χ1v) is 11.2. The molecule has 1 aliphatic rings. The van der Waals surface area contributed by atoms with E-state index in [1.807, 2.05) is 42.6 Å². The lowest BCUT2D eigenvalue weighted by Crippen LogP contribution is -2.38. The van der Waals surface area contributed by atoms with E-state index in [2.05, 4.69) is 39.5 Å². The maximum absolute atomic E-state index is 12.8. The molecule has 0 aliphatic carbocycles. The quantitative estimate of drug-likeness (QED) is 0.477. The normalized spacial score (nSPS) is 16.8. The van der Waals surface area contributed by atoms with Crippen molar-refractivity contribution in [2.75, 3.05) is 32.8 Å². The average molecular weight is 443 g/mol. The van der Waals surface area contributed by atoms with Gasteiger partial charge in [-0.2, -0.15) is 0 Å². The summed E-state index contributed by atoms with van der Waals surface area (Å²) in [5.41, 5.74) is 4.27. The summed E-state index contributed by atoms with van der Waals surface area (Å²) in [6, 6.07) is 19.8. The second kappa shape index (κ2) is 9.62. The molecule has 7 nitrogen and oxygen atoms in total. The highest BCUT2D eigenvalue weighted by Crippen LogP contribution is 2.27. The van der Waals surface area contributed by atoms with Crippen LogP contribution in [0.1, 0.15) is 27.7 Å². The number of para-hydroxylation sites is 1. The standard InChI is InChI=1S/C26H26N4O3/c31-12-10-28-26(32)21-15-24(29-23-6-2-1-5-20(21)23)25-17-30(11-13-33-25)16-18-7-8-22-19(14-18)4-3-9-27-22/h1-9,14-15,25,31H,10-13,16-17H2,(H,28,32). The minimum absolute atomic E-state index is 0.104. The molecule has 1 atom stereocenters. The Balaban J connectivity index is 1.39. The number of benzene rings is 2. The number of carbonyl (C=O) groups is 1. The number of hydrogen-bond donors (Lipinski definition) is 2. The lowest BCUT2D eigenvalue weighted by molar-refractivity contribution is -0.0348. The third kappa shape index (κ3) is 4.71. The summed E-state index contributed by atoms with van der Waals surface area (Å²) < 4.78 is 6.08. The van der Waals surface area contributed by atoms with Crippen LogP contribution in [0.3, 0.4) is 0 Å². The summed E-state index contributed by atoms with van der Waals surface area (Å²) in [7, 11) is 0. The van der Waals surface area contributed by atoms with Gasteiger partial charge in [0.25, 0.3) is 5.91 Å². The molecule has 1 aliphatic heterocycles. The van der Waals surface area contributed by atoms with Gasteiger partial charge in [-0.05, 0) is 35.9 Å². The minimum atomic E-state index is -0.227. The van der Waals surface area contributed by atoms with Crippen LogP contribution in [0.25, 0.3) is 21.8 Å². The molecule has 7 heteroatoms. The van der Waals surface area contributed by atoms with Crippen molar-refractivity contribution in [1.82, 2.24) is 20.2 Å². The van der Waals surface area contributed by atoms with Gasteiger partial charge in [0.1, 0.15) is 6.10 Å². The average Bonchev–Trinajstić information content (AvgIpc) is 2.86. The number of amides is 1. The molecule has 0 spiro atoms. The van der Waals surface area contributed by atoms with Gasteiger partial charge in [-0.15, -0.1) is 0 Å². The summed E-state index contributed by atoms with van der Waals surface area (Å²) >= 11 is 0. The van der Waals surface area contributed by atoms with E-state index >= 15 is 0 Å². The van der Waals surface area contributed by atoms with Gasteiger partial charge in [0.2, 0.25) is 0 Å². The molecule has 1 fully saturated rings. The largest absolute Gasteiger partial charge is 0.395 e. The Morgan fingerprint density at radius 2 is 2.03 bits per heavy atom. The number of aliphatic hydroxyl groups excluding tert-OH is 1. The van der Waals surface area contributed by atoms with Gasteiger partial charge >= 0.3 is 0 Å². The van der Waals surface area contributed by atoms with Gasteiger partial charge in [0, 0.05) is 43.1 Å². The highest BCUT2D eigenvalue weighted by molar-refractivity contribution is 6.06. The van der Waals surface area contributed by atoms with Gasteiger partial charge in [-0.3, -0.25) is 14.7 Å². The van der Waals surface area contributed by atoms with Crippen molar-refractivity contribution < 1.29 is 14.6 Å². The Labute approximate surface area is 192 Å². The van der Waals surface area contributed by atoms with Crippen molar-refractivity contribution in [3.63, 3.8) is 0 Å². The summed E-state index contributed by atoms with van der Waals surface area (Å²) in [5, 5.41) is 13.8.